The van der Waals surface area contributed by atoms with Gasteiger partial charge in [0.1, 0.15) is 6.04 Å². The minimum Gasteiger partial charge on any atom is -0.480 e. The first kappa shape index (κ1) is 15.0. The van der Waals surface area contributed by atoms with Crippen molar-refractivity contribution in [2.24, 2.45) is 11.8 Å². The van der Waals surface area contributed by atoms with E-state index >= 15 is 0 Å². The number of carbonyl (C=O) groups is 2. The molecule has 0 aromatic carbocycles. The van der Waals surface area contributed by atoms with Gasteiger partial charge < -0.3 is 10.4 Å². The summed E-state index contributed by atoms with van der Waals surface area (Å²) in [5.74, 6) is -0.113. The average molecular weight is 255 g/mol. The molecular formula is C14H25NO3. The molecule has 0 radical (unpaired) electrons. The quantitative estimate of drug-likeness (QED) is 0.734. The van der Waals surface area contributed by atoms with Crippen molar-refractivity contribution in [2.75, 3.05) is 0 Å². The summed E-state index contributed by atoms with van der Waals surface area (Å²) in [4.78, 5) is 22.7. The van der Waals surface area contributed by atoms with Crippen LogP contribution in [0.2, 0.25) is 0 Å². The van der Waals surface area contributed by atoms with E-state index in [2.05, 4.69) is 5.32 Å². The zero-order valence-corrected chi connectivity index (χ0v) is 11.4. The maximum Gasteiger partial charge on any atom is 0.326 e. The normalized spacial score (nSPS) is 17.9. The molecule has 2 N–H and O–H groups in total. The molecule has 0 spiro atoms. The highest BCUT2D eigenvalue weighted by atomic mass is 16.4. The Morgan fingerprint density at radius 2 is 1.89 bits per heavy atom. The number of rotatable bonds is 7. The molecule has 1 amide bonds. The van der Waals surface area contributed by atoms with E-state index in [1.165, 1.54) is 25.7 Å². The van der Waals surface area contributed by atoms with Gasteiger partial charge in [-0.15, -0.1) is 0 Å². The summed E-state index contributed by atoms with van der Waals surface area (Å²) < 4.78 is 0. The lowest BCUT2D eigenvalue weighted by atomic mass is 10.0. The van der Waals surface area contributed by atoms with E-state index in [-0.39, 0.29) is 11.8 Å². The third-order valence-electron chi connectivity index (χ3n) is 3.59. The van der Waals surface area contributed by atoms with Gasteiger partial charge in [-0.1, -0.05) is 39.5 Å². The molecule has 18 heavy (non-hydrogen) atoms. The van der Waals surface area contributed by atoms with E-state index < -0.39 is 12.0 Å². The van der Waals surface area contributed by atoms with Crippen LogP contribution >= 0.6 is 0 Å². The second kappa shape index (κ2) is 7.39. The highest BCUT2D eigenvalue weighted by molar-refractivity contribution is 5.83. The predicted octanol–water partition coefficient (Wildman–Crippen LogP) is 2.57. The van der Waals surface area contributed by atoms with Crippen LogP contribution in [0.4, 0.5) is 0 Å². The lowest BCUT2D eigenvalue weighted by Gasteiger charge is -2.17. The maximum absolute atomic E-state index is 11.7. The molecule has 0 bridgehead atoms. The smallest absolute Gasteiger partial charge is 0.326 e. The Hall–Kier alpha value is -1.06. The molecule has 1 fully saturated rings. The SMILES string of the molecule is CC(C)C[C@@H](NC(=O)CCC1CCCC1)C(=O)O. The molecule has 0 unspecified atom stereocenters. The Morgan fingerprint density at radius 3 is 2.39 bits per heavy atom. The lowest BCUT2D eigenvalue weighted by Crippen LogP contribution is -2.41. The highest BCUT2D eigenvalue weighted by Crippen LogP contribution is 2.28. The first-order valence-electron chi connectivity index (χ1n) is 7.01. The second-order valence-corrected chi connectivity index (χ2v) is 5.78. The largest absolute Gasteiger partial charge is 0.480 e. The number of carboxylic acid groups (broad SMARTS) is 1. The van der Waals surface area contributed by atoms with Crippen LogP contribution in [0.1, 0.15) is 58.8 Å². The van der Waals surface area contributed by atoms with Crippen molar-refractivity contribution < 1.29 is 14.7 Å². The fraction of sp³-hybridized carbons (Fsp3) is 0.857. The van der Waals surface area contributed by atoms with Gasteiger partial charge >= 0.3 is 5.97 Å². The topological polar surface area (TPSA) is 66.4 Å². The van der Waals surface area contributed by atoms with Crippen molar-refractivity contribution in [3.8, 4) is 0 Å². The molecular weight excluding hydrogens is 230 g/mol. The Morgan fingerprint density at radius 1 is 1.28 bits per heavy atom. The van der Waals surface area contributed by atoms with Gasteiger partial charge in [0, 0.05) is 6.42 Å². The molecule has 1 atom stereocenters. The Bertz CT molecular complexity index is 283. The van der Waals surface area contributed by atoms with E-state index in [0.29, 0.717) is 18.8 Å². The second-order valence-electron chi connectivity index (χ2n) is 5.78. The first-order chi connectivity index (χ1) is 8.49. The monoisotopic (exact) mass is 255 g/mol. The predicted molar refractivity (Wildman–Crippen MR) is 70.2 cm³/mol. The van der Waals surface area contributed by atoms with E-state index in [4.69, 9.17) is 5.11 Å². The van der Waals surface area contributed by atoms with Gasteiger partial charge in [-0.3, -0.25) is 4.79 Å². The number of carbonyl (C=O) groups excluding carboxylic acids is 1. The van der Waals surface area contributed by atoms with Crippen LogP contribution in [-0.4, -0.2) is 23.0 Å². The van der Waals surface area contributed by atoms with Crippen LogP contribution < -0.4 is 5.32 Å². The third-order valence-corrected chi connectivity index (χ3v) is 3.59. The van der Waals surface area contributed by atoms with Gasteiger partial charge in [0.05, 0.1) is 0 Å². The summed E-state index contributed by atoms with van der Waals surface area (Å²) >= 11 is 0. The average Bonchev–Trinajstić information content (AvgIpc) is 2.77. The molecule has 0 heterocycles. The minimum atomic E-state index is -0.932. The van der Waals surface area contributed by atoms with Crippen LogP contribution in [-0.2, 0) is 9.59 Å². The van der Waals surface area contributed by atoms with Crippen LogP contribution in [0.5, 0.6) is 0 Å². The number of amides is 1. The van der Waals surface area contributed by atoms with Crippen molar-refractivity contribution >= 4 is 11.9 Å². The molecule has 4 heteroatoms. The van der Waals surface area contributed by atoms with Gasteiger partial charge in [-0.25, -0.2) is 4.79 Å². The van der Waals surface area contributed by atoms with Crippen molar-refractivity contribution in [1.82, 2.24) is 5.32 Å². The number of carboxylic acids is 1. The highest BCUT2D eigenvalue weighted by Gasteiger charge is 2.22. The molecule has 4 nitrogen and oxygen atoms in total. The van der Waals surface area contributed by atoms with Gasteiger partial charge in [-0.05, 0) is 24.7 Å². The van der Waals surface area contributed by atoms with Gasteiger partial charge in [0.15, 0.2) is 0 Å². The molecule has 0 aromatic rings. The summed E-state index contributed by atoms with van der Waals surface area (Å²) in [5.41, 5.74) is 0. The van der Waals surface area contributed by atoms with Gasteiger partial charge in [0.2, 0.25) is 5.91 Å². The van der Waals surface area contributed by atoms with Crippen LogP contribution in [0.25, 0.3) is 0 Å². The molecule has 0 aromatic heterocycles. The van der Waals surface area contributed by atoms with Gasteiger partial charge in [-0.2, -0.15) is 0 Å². The van der Waals surface area contributed by atoms with Crippen LogP contribution in [0.3, 0.4) is 0 Å². The number of hydrogen-bond donors (Lipinski definition) is 2. The number of hydrogen-bond acceptors (Lipinski definition) is 2. The van der Waals surface area contributed by atoms with Crippen molar-refractivity contribution in [3.05, 3.63) is 0 Å². The molecule has 0 saturated heterocycles. The van der Waals surface area contributed by atoms with E-state index in [9.17, 15) is 9.59 Å². The maximum atomic E-state index is 11.7. The molecule has 1 aliphatic rings. The van der Waals surface area contributed by atoms with Crippen molar-refractivity contribution in [2.45, 2.75) is 64.8 Å². The summed E-state index contributed by atoms with van der Waals surface area (Å²) in [6, 6.07) is -0.735. The summed E-state index contributed by atoms with van der Waals surface area (Å²) in [6.45, 7) is 3.92. The number of aliphatic carboxylic acids is 1. The fourth-order valence-corrected chi connectivity index (χ4v) is 2.59. The molecule has 1 saturated carbocycles. The van der Waals surface area contributed by atoms with Gasteiger partial charge in [0.25, 0.3) is 0 Å². The van der Waals surface area contributed by atoms with E-state index in [1.807, 2.05) is 13.8 Å². The minimum absolute atomic E-state index is 0.116. The van der Waals surface area contributed by atoms with Crippen LogP contribution in [0.15, 0.2) is 0 Å². The third kappa shape index (κ3) is 5.52. The lowest BCUT2D eigenvalue weighted by molar-refractivity contribution is -0.142. The first-order valence-corrected chi connectivity index (χ1v) is 7.01. The summed E-state index contributed by atoms with van der Waals surface area (Å²) in [5, 5.41) is 11.7. The zero-order chi connectivity index (χ0) is 13.5. The van der Waals surface area contributed by atoms with Crippen molar-refractivity contribution in [1.29, 1.82) is 0 Å². The Kier molecular flexibility index (Phi) is 6.16. The van der Waals surface area contributed by atoms with E-state index in [0.717, 1.165) is 6.42 Å². The zero-order valence-electron chi connectivity index (χ0n) is 11.4. The number of nitrogens with one attached hydrogen (secondary N) is 1. The summed E-state index contributed by atoms with van der Waals surface area (Å²) in [7, 11) is 0. The van der Waals surface area contributed by atoms with Crippen molar-refractivity contribution in [3.63, 3.8) is 0 Å². The molecule has 104 valence electrons. The van der Waals surface area contributed by atoms with E-state index in [1.54, 1.807) is 0 Å². The Labute approximate surface area is 109 Å². The molecule has 0 aliphatic heterocycles. The Balaban J connectivity index is 2.29. The standard InChI is InChI=1S/C14H25NO3/c1-10(2)9-12(14(17)18)15-13(16)8-7-11-5-3-4-6-11/h10-12H,3-9H2,1-2H3,(H,15,16)(H,17,18)/t12-/m1/s1. The van der Waals surface area contributed by atoms with Crippen LogP contribution in [0, 0.1) is 11.8 Å². The fourth-order valence-electron chi connectivity index (χ4n) is 2.59. The molecule has 1 aliphatic carbocycles. The summed E-state index contributed by atoms with van der Waals surface area (Å²) in [6.07, 6.45) is 6.86. The molecule has 1 rings (SSSR count).